The smallest absolute Gasteiger partial charge is 0.0156 e. The first-order valence-corrected chi connectivity index (χ1v) is 7.16. The standard InChI is InChI=1S/C13H26NP/c1-4-5-10-11(13(3)6-7-13)8-9(2)12(10)14-15/h9-12,14H,4-8,15H2,1-3H3/t9-,10?,11+,12+/m1/s1. The molecule has 0 spiro atoms. The van der Waals surface area contributed by atoms with Crippen LogP contribution in [0.3, 0.4) is 0 Å². The molecule has 0 aromatic rings. The molecule has 2 aliphatic rings. The molecule has 2 saturated carbocycles. The van der Waals surface area contributed by atoms with Gasteiger partial charge in [0, 0.05) is 6.04 Å². The zero-order chi connectivity index (χ0) is 11.1. The van der Waals surface area contributed by atoms with E-state index < -0.39 is 0 Å². The van der Waals surface area contributed by atoms with Crippen molar-refractivity contribution >= 4 is 9.39 Å². The van der Waals surface area contributed by atoms with Crippen LogP contribution in [0.4, 0.5) is 0 Å². The van der Waals surface area contributed by atoms with E-state index in [1.165, 1.54) is 32.1 Å². The first-order valence-electron chi connectivity index (χ1n) is 6.58. The van der Waals surface area contributed by atoms with Crippen molar-refractivity contribution in [2.75, 3.05) is 0 Å². The quantitative estimate of drug-likeness (QED) is 0.723. The number of hydrogen-bond acceptors (Lipinski definition) is 1. The predicted molar refractivity (Wildman–Crippen MR) is 69.6 cm³/mol. The Bertz CT molecular complexity index is 225. The molecule has 0 aromatic carbocycles. The lowest BCUT2D eigenvalue weighted by molar-refractivity contribution is 0.229. The molecule has 0 heterocycles. The van der Waals surface area contributed by atoms with Gasteiger partial charge in [-0.05, 0) is 48.9 Å². The van der Waals surface area contributed by atoms with E-state index >= 15 is 0 Å². The van der Waals surface area contributed by atoms with Gasteiger partial charge in [-0.25, -0.2) is 0 Å². The Hall–Kier alpha value is 0.390. The summed E-state index contributed by atoms with van der Waals surface area (Å²) >= 11 is 0. The van der Waals surface area contributed by atoms with Crippen molar-refractivity contribution < 1.29 is 0 Å². The summed E-state index contributed by atoms with van der Waals surface area (Å²) in [5.74, 6) is 2.78. The van der Waals surface area contributed by atoms with E-state index in [1.807, 2.05) is 0 Å². The van der Waals surface area contributed by atoms with Gasteiger partial charge in [0.25, 0.3) is 0 Å². The van der Waals surface area contributed by atoms with Crippen molar-refractivity contribution in [1.29, 1.82) is 0 Å². The molecule has 1 nitrogen and oxygen atoms in total. The monoisotopic (exact) mass is 227 g/mol. The van der Waals surface area contributed by atoms with Crippen LogP contribution in [0.25, 0.3) is 0 Å². The Morgan fingerprint density at radius 2 is 2.07 bits per heavy atom. The Morgan fingerprint density at radius 3 is 2.53 bits per heavy atom. The minimum atomic E-state index is 0.713. The second-order valence-electron chi connectivity index (χ2n) is 6.12. The molecule has 2 fully saturated rings. The first-order chi connectivity index (χ1) is 7.12. The Kier molecular flexibility index (Phi) is 3.43. The average molecular weight is 227 g/mol. The van der Waals surface area contributed by atoms with Gasteiger partial charge in [0.2, 0.25) is 0 Å². The SMILES string of the molecule is CCCC1[C@@H](NP)[C@H](C)C[C@@H]1C1(C)CC1. The summed E-state index contributed by atoms with van der Waals surface area (Å²) in [4.78, 5) is 0. The highest BCUT2D eigenvalue weighted by Gasteiger charge is 2.53. The van der Waals surface area contributed by atoms with Gasteiger partial charge in [0.1, 0.15) is 0 Å². The third-order valence-corrected chi connectivity index (χ3v) is 5.35. The van der Waals surface area contributed by atoms with Crippen LogP contribution in [0.5, 0.6) is 0 Å². The van der Waals surface area contributed by atoms with Crippen molar-refractivity contribution in [2.45, 2.75) is 58.9 Å². The second-order valence-corrected chi connectivity index (χ2v) is 6.45. The maximum absolute atomic E-state index is 3.50. The summed E-state index contributed by atoms with van der Waals surface area (Å²) in [6.45, 7) is 7.27. The van der Waals surface area contributed by atoms with Crippen LogP contribution in [-0.4, -0.2) is 6.04 Å². The number of hydrogen-bond donors (Lipinski definition) is 1. The molecule has 2 rings (SSSR count). The van der Waals surface area contributed by atoms with E-state index in [4.69, 9.17) is 0 Å². The zero-order valence-electron chi connectivity index (χ0n) is 10.4. The van der Waals surface area contributed by atoms with Crippen LogP contribution in [0.15, 0.2) is 0 Å². The zero-order valence-corrected chi connectivity index (χ0v) is 11.6. The van der Waals surface area contributed by atoms with Gasteiger partial charge in [-0.2, -0.15) is 0 Å². The van der Waals surface area contributed by atoms with E-state index in [1.54, 1.807) is 0 Å². The fourth-order valence-electron chi connectivity index (χ4n) is 3.77. The molecule has 2 heteroatoms. The topological polar surface area (TPSA) is 12.0 Å². The molecule has 2 unspecified atom stereocenters. The molecule has 0 radical (unpaired) electrons. The van der Waals surface area contributed by atoms with Crippen molar-refractivity contribution in [3.63, 3.8) is 0 Å². The highest BCUT2D eigenvalue weighted by atomic mass is 31.0. The van der Waals surface area contributed by atoms with E-state index in [-0.39, 0.29) is 0 Å². The van der Waals surface area contributed by atoms with Gasteiger partial charge in [-0.1, -0.05) is 36.6 Å². The van der Waals surface area contributed by atoms with Crippen LogP contribution in [0.1, 0.15) is 52.9 Å². The maximum atomic E-state index is 3.50. The summed E-state index contributed by atoms with van der Waals surface area (Å²) in [6.07, 6.45) is 7.17. The van der Waals surface area contributed by atoms with E-state index in [9.17, 15) is 0 Å². The highest BCUT2D eigenvalue weighted by Crippen LogP contribution is 2.60. The second kappa shape index (κ2) is 4.34. The van der Waals surface area contributed by atoms with Gasteiger partial charge in [-0.3, -0.25) is 5.09 Å². The van der Waals surface area contributed by atoms with Crippen molar-refractivity contribution in [2.24, 2.45) is 23.2 Å². The molecule has 5 atom stereocenters. The van der Waals surface area contributed by atoms with Gasteiger partial charge in [0.05, 0.1) is 0 Å². The first kappa shape index (κ1) is 11.9. The molecular formula is C13H26NP. The lowest BCUT2D eigenvalue weighted by Crippen LogP contribution is -2.33. The van der Waals surface area contributed by atoms with Crippen LogP contribution in [0, 0.1) is 23.2 Å². The molecule has 0 aromatic heterocycles. The predicted octanol–water partition coefficient (Wildman–Crippen LogP) is 3.61. The third-order valence-electron chi connectivity index (χ3n) is 4.97. The van der Waals surface area contributed by atoms with E-state index in [0.717, 1.165) is 23.8 Å². The van der Waals surface area contributed by atoms with Crippen molar-refractivity contribution in [1.82, 2.24) is 5.09 Å². The number of nitrogens with one attached hydrogen (secondary N) is 1. The van der Waals surface area contributed by atoms with E-state index in [0.29, 0.717) is 5.41 Å². The van der Waals surface area contributed by atoms with Gasteiger partial charge >= 0.3 is 0 Å². The summed E-state index contributed by atoms with van der Waals surface area (Å²) in [5, 5.41) is 3.50. The highest BCUT2D eigenvalue weighted by molar-refractivity contribution is 7.13. The fraction of sp³-hybridized carbons (Fsp3) is 1.00. The average Bonchev–Trinajstić information content (AvgIpc) is 2.85. The normalized spacial score (nSPS) is 43.2. The van der Waals surface area contributed by atoms with Crippen LogP contribution >= 0.6 is 9.39 Å². The minimum Gasteiger partial charge on any atom is -0.297 e. The molecule has 88 valence electrons. The molecule has 15 heavy (non-hydrogen) atoms. The van der Waals surface area contributed by atoms with Crippen molar-refractivity contribution in [3.8, 4) is 0 Å². The lowest BCUT2D eigenvalue weighted by Gasteiger charge is -2.29. The molecule has 0 bridgehead atoms. The van der Waals surface area contributed by atoms with Crippen LogP contribution < -0.4 is 5.09 Å². The molecule has 1 N–H and O–H groups in total. The van der Waals surface area contributed by atoms with Crippen LogP contribution in [0.2, 0.25) is 0 Å². The summed E-state index contributed by atoms with van der Waals surface area (Å²) in [7, 11) is 2.75. The summed E-state index contributed by atoms with van der Waals surface area (Å²) in [5.41, 5.74) is 0.713. The Balaban J connectivity index is 2.10. The van der Waals surface area contributed by atoms with Crippen LogP contribution in [-0.2, 0) is 0 Å². The molecule has 0 aliphatic heterocycles. The number of rotatable bonds is 4. The third kappa shape index (κ3) is 2.11. The van der Waals surface area contributed by atoms with Crippen molar-refractivity contribution in [3.05, 3.63) is 0 Å². The molecular weight excluding hydrogens is 201 g/mol. The minimum absolute atomic E-state index is 0.713. The molecule has 0 saturated heterocycles. The lowest BCUT2D eigenvalue weighted by atomic mass is 9.79. The Labute approximate surface area is 97.0 Å². The van der Waals surface area contributed by atoms with Gasteiger partial charge < -0.3 is 0 Å². The molecule has 2 aliphatic carbocycles. The fourth-order valence-corrected chi connectivity index (χ4v) is 4.34. The maximum Gasteiger partial charge on any atom is 0.0156 e. The summed E-state index contributed by atoms with van der Waals surface area (Å²) < 4.78 is 0. The summed E-state index contributed by atoms with van der Waals surface area (Å²) in [6, 6.07) is 0.748. The van der Waals surface area contributed by atoms with Gasteiger partial charge in [-0.15, -0.1) is 0 Å². The Morgan fingerprint density at radius 1 is 1.40 bits per heavy atom. The van der Waals surface area contributed by atoms with E-state index in [2.05, 4.69) is 35.2 Å². The van der Waals surface area contributed by atoms with Gasteiger partial charge in [0.15, 0.2) is 0 Å². The largest absolute Gasteiger partial charge is 0.297 e. The molecule has 0 amide bonds.